The number of aromatic amines is 1. The molecule has 0 radical (unpaired) electrons. The second kappa shape index (κ2) is 8.67. The number of rotatable bonds is 5. The van der Waals surface area contributed by atoms with Crippen molar-refractivity contribution in [2.45, 2.75) is 50.7 Å². The second-order valence-electron chi connectivity index (χ2n) is 9.61. The van der Waals surface area contributed by atoms with Crippen molar-refractivity contribution < 1.29 is 18.0 Å². The predicted molar refractivity (Wildman–Crippen MR) is 123 cm³/mol. The van der Waals surface area contributed by atoms with Crippen LogP contribution in [0.2, 0.25) is 0 Å². The summed E-state index contributed by atoms with van der Waals surface area (Å²) in [5, 5.41) is 6.06. The summed E-state index contributed by atoms with van der Waals surface area (Å²) in [4.78, 5) is 43.0. The Labute approximate surface area is 198 Å². The van der Waals surface area contributed by atoms with Gasteiger partial charge in [-0.05, 0) is 56.9 Å². The van der Waals surface area contributed by atoms with Gasteiger partial charge in [-0.15, -0.1) is 0 Å². The first kappa shape index (κ1) is 23.3. The summed E-state index contributed by atoms with van der Waals surface area (Å²) in [7, 11) is 0. The third-order valence-electron chi connectivity index (χ3n) is 7.49. The van der Waals surface area contributed by atoms with Crippen LogP contribution in [0.3, 0.4) is 0 Å². The topological polar surface area (TPSA) is 96.0 Å². The third-order valence-corrected chi connectivity index (χ3v) is 7.49. The Morgan fingerprint density at radius 3 is 2.43 bits per heavy atom. The smallest absolute Gasteiger partial charge is 0.329 e. The van der Waals surface area contributed by atoms with Crippen LogP contribution >= 0.6 is 0 Å². The van der Waals surface area contributed by atoms with E-state index in [4.69, 9.17) is 0 Å². The molecular formula is C25H25F3N4O3. The van der Waals surface area contributed by atoms with E-state index in [1.165, 1.54) is 12.1 Å². The number of carbonyl (C=O) groups excluding carboxylic acids is 1. The average molecular weight is 486 g/mol. The first-order valence-corrected chi connectivity index (χ1v) is 11.6. The number of hydrogen-bond donors (Lipinski definition) is 3. The van der Waals surface area contributed by atoms with E-state index in [0.717, 1.165) is 41.7 Å². The van der Waals surface area contributed by atoms with Crippen LogP contribution in [0.5, 0.6) is 0 Å². The molecule has 1 saturated carbocycles. The van der Waals surface area contributed by atoms with Crippen LogP contribution < -0.4 is 21.9 Å². The van der Waals surface area contributed by atoms with E-state index in [2.05, 4.69) is 15.6 Å². The first-order valence-electron chi connectivity index (χ1n) is 11.6. The van der Waals surface area contributed by atoms with E-state index in [9.17, 15) is 27.6 Å². The number of H-pyrrole nitrogens is 1. The highest BCUT2D eigenvalue weighted by Gasteiger charge is 2.50. The molecule has 3 N–H and O–H groups in total. The number of hydrogen-bond acceptors (Lipinski definition) is 4. The number of piperidine rings is 2. The molecule has 1 aliphatic carbocycles. The molecule has 2 atom stereocenters. The highest BCUT2D eigenvalue weighted by Crippen LogP contribution is 2.47. The zero-order chi connectivity index (χ0) is 24.9. The SMILES string of the molecule is C[C@@H](NC(=O)[C@H](n1c(=O)[nH]c2ccc(F)cc2c1=O)C12CCC(CC1)NC2)c1ccc(F)cc1F. The fourth-order valence-corrected chi connectivity index (χ4v) is 5.62. The monoisotopic (exact) mass is 486 g/mol. The van der Waals surface area contributed by atoms with Crippen LogP contribution in [-0.4, -0.2) is 28.0 Å². The molecule has 2 saturated heterocycles. The van der Waals surface area contributed by atoms with E-state index in [1.807, 2.05) is 0 Å². The summed E-state index contributed by atoms with van der Waals surface area (Å²) in [5.74, 6) is -2.84. The van der Waals surface area contributed by atoms with E-state index < -0.39 is 52.1 Å². The summed E-state index contributed by atoms with van der Waals surface area (Å²) in [6.45, 7) is 1.96. The number of nitrogens with one attached hydrogen (secondary N) is 3. The molecule has 3 aromatic rings. The lowest BCUT2D eigenvalue weighted by molar-refractivity contribution is -0.131. The van der Waals surface area contributed by atoms with Crippen molar-refractivity contribution in [1.82, 2.24) is 20.2 Å². The maximum Gasteiger partial charge on any atom is 0.329 e. The molecule has 3 heterocycles. The highest BCUT2D eigenvalue weighted by molar-refractivity contribution is 5.83. The van der Waals surface area contributed by atoms with E-state index in [-0.39, 0.29) is 16.5 Å². The van der Waals surface area contributed by atoms with Gasteiger partial charge in [0.2, 0.25) is 5.91 Å². The molecule has 6 rings (SSSR count). The van der Waals surface area contributed by atoms with Crippen molar-refractivity contribution in [3.8, 4) is 0 Å². The molecule has 3 fully saturated rings. The maximum atomic E-state index is 14.4. The standard InChI is InChI=1S/C25H25F3N4O3/c1-13(17-4-2-15(27)11-19(17)28)30-22(33)21(25-8-6-16(7-9-25)29-12-25)32-23(34)18-10-14(26)3-5-20(18)31-24(32)35/h2-5,10-11,13,16,21,29H,6-9,12H2,1H3,(H,30,33)(H,31,35)/t13-,16?,21+,25?/m1/s1. The summed E-state index contributed by atoms with van der Waals surface area (Å²) in [6, 6.07) is 4.78. The van der Waals surface area contributed by atoms with E-state index >= 15 is 0 Å². The van der Waals surface area contributed by atoms with Crippen molar-refractivity contribution in [2.24, 2.45) is 5.41 Å². The number of carbonyl (C=O) groups is 1. The van der Waals surface area contributed by atoms with Gasteiger partial charge in [0, 0.05) is 29.6 Å². The van der Waals surface area contributed by atoms with Crippen LogP contribution in [0.1, 0.15) is 50.3 Å². The third kappa shape index (κ3) is 4.05. The van der Waals surface area contributed by atoms with Crippen LogP contribution in [-0.2, 0) is 4.79 Å². The molecule has 1 amide bonds. The number of amides is 1. The van der Waals surface area contributed by atoms with Gasteiger partial charge in [0.15, 0.2) is 0 Å². The molecule has 7 nitrogen and oxygen atoms in total. The fraction of sp³-hybridized carbons (Fsp3) is 0.400. The number of nitrogens with zero attached hydrogens (tertiary/aromatic N) is 1. The van der Waals surface area contributed by atoms with Gasteiger partial charge in [-0.1, -0.05) is 6.07 Å². The lowest BCUT2D eigenvalue weighted by atomic mass is 9.64. The molecule has 2 aromatic carbocycles. The fourth-order valence-electron chi connectivity index (χ4n) is 5.62. The Morgan fingerprint density at radius 2 is 1.77 bits per heavy atom. The maximum absolute atomic E-state index is 14.4. The Balaban J connectivity index is 1.61. The van der Waals surface area contributed by atoms with Gasteiger partial charge in [-0.25, -0.2) is 22.5 Å². The predicted octanol–water partition coefficient (Wildman–Crippen LogP) is 3.06. The lowest BCUT2D eigenvalue weighted by Crippen LogP contribution is -2.60. The first-order chi connectivity index (χ1) is 16.7. The number of halogens is 3. The largest absolute Gasteiger partial charge is 0.348 e. The van der Waals surface area contributed by atoms with Crippen molar-refractivity contribution in [3.63, 3.8) is 0 Å². The van der Waals surface area contributed by atoms with Gasteiger partial charge in [0.1, 0.15) is 23.5 Å². The van der Waals surface area contributed by atoms with Crippen LogP contribution in [0.4, 0.5) is 13.2 Å². The quantitative estimate of drug-likeness (QED) is 0.517. The van der Waals surface area contributed by atoms with Gasteiger partial charge in [0.25, 0.3) is 5.56 Å². The molecule has 2 bridgehead atoms. The zero-order valence-electron chi connectivity index (χ0n) is 19.0. The highest BCUT2D eigenvalue weighted by atomic mass is 19.1. The van der Waals surface area contributed by atoms with Crippen molar-refractivity contribution in [1.29, 1.82) is 0 Å². The molecule has 0 unspecified atom stereocenters. The van der Waals surface area contributed by atoms with Crippen molar-refractivity contribution in [2.75, 3.05) is 6.54 Å². The minimum atomic E-state index is -1.22. The summed E-state index contributed by atoms with van der Waals surface area (Å²) in [5.41, 5.74) is -2.05. The minimum Gasteiger partial charge on any atom is -0.348 e. The Bertz CT molecular complexity index is 1410. The normalized spacial score (nSPS) is 23.3. The summed E-state index contributed by atoms with van der Waals surface area (Å²) in [6.07, 6.45) is 2.77. The van der Waals surface area contributed by atoms with Gasteiger partial charge in [0.05, 0.1) is 16.9 Å². The molecule has 0 spiro atoms. The van der Waals surface area contributed by atoms with Crippen LogP contribution in [0.25, 0.3) is 10.9 Å². The van der Waals surface area contributed by atoms with Crippen molar-refractivity contribution in [3.05, 3.63) is 80.3 Å². The molecule has 35 heavy (non-hydrogen) atoms. The molecule has 1 aromatic heterocycles. The molecular weight excluding hydrogens is 461 g/mol. The molecule has 3 aliphatic rings. The average Bonchev–Trinajstić information content (AvgIpc) is 2.83. The van der Waals surface area contributed by atoms with Crippen LogP contribution in [0, 0.1) is 22.9 Å². The van der Waals surface area contributed by atoms with E-state index in [0.29, 0.717) is 25.4 Å². The minimum absolute atomic E-state index is 0.0473. The Kier molecular flexibility index (Phi) is 5.79. The van der Waals surface area contributed by atoms with Gasteiger partial charge < -0.3 is 15.6 Å². The molecule has 2 aliphatic heterocycles. The Morgan fingerprint density at radius 1 is 1.09 bits per heavy atom. The Hall–Kier alpha value is -3.40. The lowest BCUT2D eigenvalue weighted by Gasteiger charge is -2.50. The zero-order valence-corrected chi connectivity index (χ0v) is 19.0. The summed E-state index contributed by atoms with van der Waals surface area (Å²) < 4.78 is 42.6. The number of aromatic nitrogens is 2. The summed E-state index contributed by atoms with van der Waals surface area (Å²) >= 11 is 0. The van der Waals surface area contributed by atoms with Crippen molar-refractivity contribution >= 4 is 16.8 Å². The van der Waals surface area contributed by atoms with E-state index in [1.54, 1.807) is 6.92 Å². The number of benzene rings is 2. The van der Waals surface area contributed by atoms with Gasteiger partial charge in [-0.2, -0.15) is 0 Å². The molecule has 184 valence electrons. The van der Waals surface area contributed by atoms with Gasteiger partial charge >= 0.3 is 5.69 Å². The second-order valence-corrected chi connectivity index (χ2v) is 9.61. The number of fused-ring (bicyclic) bond motifs is 4. The van der Waals surface area contributed by atoms with Crippen LogP contribution in [0.15, 0.2) is 46.0 Å². The molecule has 10 heteroatoms. The van der Waals surface area contributed by atoms with Gasteiger partial charge in [-0.3, -0.25) is 9.59 Å².